The summed E-state index contributed by atoms with van der Waals surface area (Å²) in [6.07, 6.45) is 1.43. The normalized spacial score (nSPS) is 12.1. The van der Waals surface area contributed by atoms with Crippen LogP contribution in [0.25, 0.3) is 0 Å². The third-order valence-electron chi connectivity index (χ3n) is 2.52. The molecule has 2 N–H and O–H groups in total. The number of halogens is 1. The maximum Gasteiger partial charge on any atom is 0.337 e. The first-order chi connectivity index (χ1) is 8.59. The summed E-state index contributed by atoms with van der Waals surface area (Å²) in [6, 6.07) is 3.40. The number of nitrogens with one attached hydrogen (secondary N) is 1. The number of aromatic carboxylic acids is 1. The summed E-state index contributed by atoms with van der Waals surface area (Å²) in [5, 5.41) is 16.2. The Morgan fingerprint density at radius 2 is 2.33 bits per heavy atom. The lowest BCUT2D eigenvalue weighted by atomic mass is 10.2. The van der Waals surface area contributed by atoms with Crippen LogP contribution in [0.5, 0.6) is 0 Å². The fraction of sp³-hybridized carbons (Fsp3) is 0.167. The first kappa shape index (κ1) is 12.9. The lowest BCUT2D eigenvalue weighted by Crippen LogP contribution is -2.09. The van der Waals surface area contributed by atoms with E-state index in [1.807, 2.05) is 23.8 Å². The van der Waals surface area contributed by atoms with E-state index in [1.165, 1.54) is 12.3 Å². The Morgan fingerprint density at radius 3 is 2.94 bits per heavy atom. The number of carboxylic acids is 1. The quantitative estimate of drug-likeness (QED) is 0.898. The summed E-state index contributed by atoms with van der Waals surface area (Å²) in [5.74, 6) is -0.677. The van der Waals surface area contributed by atoms with Gasteiger partial charge in [0.2, 0.25) is 0 Å². The molecule has 94 valence electrons. The average Bonchev–Trinajstić information content (AvgIpc) is 2.85. The molecular weight excluding hydrogens is 272 g/mol. The van der Waals surface area contributed by atoms with Crippen molar-refractivity contribution in [1.82, 2.24) is 4.98 Å². The van der Waals surface area contributed by atoms with Crippen LogP contribution in [0.4, 0.5) is 5.82 Å². The highest BCUT2D eigenvalue weighted by Gasteiger charge is 2.15. The zero-order chi connectivity index (χ0) is 13.1. The summed E-state index contributed by atoms with van der Waals surface area (Å²) in [6.45, 7) is 1.97. The van der Waals surface area contributed by atoms with Gasteiger partial charge >= 0.3 is 5.97 Å². The minimum Gasteiger partial charge on any atom is -0.478 e. The molecule has 1 atom stereocenters. The van der Waals surface area contributed by atoms with Crippen molar-refractivity contribution in [3.63, 3.8) is 0 Å². The molecule has 6 heteroatoms. The van der Waals surface area contributed by atoms with Gasteiger partial charge in [0.1, 0.15) is 5.82 Å². The molecule has 1 unspecified atom stereocenters. The van der Waals surface area contributed by atoms with Gasteiger partial charge in [-0.25, -0.2) is 9.78 Å². The summed E-state index contributed by atoms with van der Waals surface area (Å²) in [4.78, 5) is 15.0. The fourth-order valence-corrected chi connectivity index (χ4v) is 2.52. The van der Waals surface area contributed by atoms with E-state index in [0.29, 0.717) is 5.82 Å². The van der Waals surface area contributed by atoms with Gasteiger partial charge < -0.3 is 10.4 Å². The molecule has 2 aromatic rings. The Bertz CT molecular complexity index is 557. The van der Waals surface area contributed by atoms with Crippen molar-refractivity contribution in [2.75, 3.05) is 5.32 Å². The number of thiophene rings is 1. The Kier molecular flexibility index (Phi) is 3.84. The number of rotatable bonds is 4. The second-order valence-corrected chi connectivity index (χ2v) is 4.91. The molecule has 0 saturated carbocycles. The number of pyridine rings is 1. The van der Waals surface area contributed by atoms with Crippen molar-refractivity contribution in [1.29, 1.82) is 0 Å². The molecule has 0 aliphatic carbocycles. The van der Waals surface area contributed by atoms with Crippen molar-refractivity contribution in [3.8, 4) is 0 Å². The van der Waals surface area contributed by atoms with Gasteiger partial charge in [-0.3, -0.25) is 0 Å². The second kappa shape index (κ2) is 5.37. The van der Waals surface area contributed by atoms with Gasteiger partial charge in [0, 0.05) is 6.20 Å². The highest BCUT2D eigenvalue weighted by molar-refractivity contribution is 7.08. The van der Waals surface area contributed by atoms with Crippen LogP contribution < -0.4 is 5.32 Å². The van der Waals surface area contributed by atoms with E-state index < -0.39 is 5.97 Å². The Hall–Kier alpha value is -1.59. The van der Waals surface area contributed by atoms with Crippen LogP contribution in [0.15, 0.2) is 29.1 Å². The number of nitrogens with zero attached hydrogens (tertiary/aromatic N) is 1. The summed E-state index contributed by atoms with van der Waals surface area (Å²) >= 11 is 7.61. The van der Waals surface area contributed by atoms with Gasteiger partial charge in [0.25, 0.3) is 0 Å². The monoisotopic (exact) mass is 282 g/mol. The third kappa shape index (κ3) is 2.63. The number of anilines is 1. The van der Waals surface area contributed by atoms with Crippen molar-refractivity contribution in [2.24, 2.45) is 0 Å². The highest BCUT2D eigenvalue weighted by Crippen LogP contribution is 2.27. The first-order valence-corrected chi connectivity index (χ1v) is 6.58. The van der Waals surface area contributed by atoms with E-state index >= 15 is 0 Å². The number of hydrogen-bond donors (Lipinski definition) is 2. The SMILES string of the molecule is CC(Nc1nccc(C(=O)O)c1Cl)c1ccsc1. The molecule has 0 spiro atoms. The Morgan fingerprint density at radius 1 is 1.56 bits per heavy atom. The molecule has 2 rings (SSSR count). The molecule has 0 aliphatic rings. The van der Waals surface area contributed by atoms with Crippen molar-refractivity contribution >= 4 is 34.7 Å². The minimum absolute atomic E-state index is 0.0188. The smallest absolute Gasteiger partial charge is 0.337 e. The molecule has 18 heavy (non-hydrogen) atoms. The Balaban J connectivity index is 2.24. The largest absolute Gasteiger partial charge is 0.478 e. The van der Waals surface area contributed by atoms with E-state index in [2.05, 4.69) is 10.3 Å². The molecule has 0 aliphatic heterocycles. The van der Waals surface area contributed by atoms with Crippen LogP contribution in [0, 0.1) is 0 Å². The van der Waals surface area contributed by atoms with Crippen molar-refractivity contribution in [3.05, 3.63) is 45.2 Å². The topological polar surface area (TPSA) is 62.2 Å². The maximum atomic E-state index is 11.0. The highest BCUT2D eigenvalue weighted by atomic mass is 35.5. The van der Waals surface area contributed by atoms with Crippen LogP contribution in [-0.4, -0.2) is 16.1 Å². The molecule has 0 bridgehead atoms. The van der Waals surface area contributed by atoms with Gasteiger partial charge in [-0.2, -0.15) is 11.3 Å². The molecule has 0 amide bonds. The number of aromatic nitrogens is 1. The average molecular weight is 283 g/mol. The first-order valence-electron chi connectivity index (χ1n) is 5.26. The number of hydrogen-bond acceptors (Lipinski definition) is 4. The lowest BCUT2D eigenvalue weighted by Gasteiger charge is -2.14. The lowest BCUT2D eigenvalue weighted by molar-refractivity contribution is 0.0697. The van der Waals surface area contributed by atoms with Crippen molar-refractivity contribution < 1.29 is 9.90 Å². The second-order valence-electron chi connectivity index (χ2n) is 3.75. The van der Waals surface area contributed by atoms with E-state index in [1.54, 1.807) is 11.3 Å². The number of carboxylic acid groups (broad SMARTS) is 1. The molecule has 0 aromatic carbocycles. The van der Waals surface area contributed by atoms with Gasteiger partial charge in [0.15, 0.2) is 0 Å². The van der Waals surface area contributed by atoms with Crippen molar-refractivity contribution in [2.45, 2.75) is 13.0 Å². The van der Waals surface area contributed by atoms with E-state index in [9.17, 15) is 4.79 Å². The maximum absolute atomic E-state index is 11.0. The Labute approximate surface area is 113 Å². The van der Waals surface area contributed by atoms with Gasteiger partial charge in [-0.1, -0.05) is 11.6 Å². The zero-order valence-electron chi connectivity index (χ0n) is 9.55. The standard InChI is InChI=1S/C12H11ClN2O2S/c1-7(8-3-5-18-6-8)15-11-10(13)9(12(16)17)2-4-14-11/h2-7H,1H3,(H,14,15)(H,16,17). The molecule has 4 nitrogen and oxygen atoms in total. The summed E-state index contributed by atoms with van der Waals surface area (Å²) in [5.41, 5.74) is 1.16. The molecule has 2 aromatic heterocycles. The van der Waals surface area contributed by atoms with Crippen LogP contribution in [0.1, 0.15) is 28.9 Å². The van der Waals surface area contributed by atoms with Crippen LogP contribution >= 0.6 is 22.9 Å². The zero-order valence-corrected chi connectivity index (χ0v) is 11.1. The molecule has 0 radical (unpaired) electrons. The number of carbonyl (C=O) groups is 1. The third-order valence-corrected chi connectivity index (χ3v) is 3.60. The van der Waals surface area contributed by atoms with E-state index in [0.717, 1.165) is 5.56 Å². The van der Waals surface area contributed by atoms with Gasteiger partial charge in [-0.05, 0) is 35.4 Å². The van der Waals surface area contributed by atoms with E-state index in [4.69, 9.17) is 16.7 Å². The molecule has 0 saturated heterocycles. The predicted octanol–water partition coefficient (Wildman–Crippen LogP) is 3.67. The molecule has 2 heterocycles. The van der Waals surface area contributed by atoms with Gasteiger partial charge in [-0.15, -0.1) is 0 Å². The van der Waals surface area contributed by atoms with Crippen LogP contribution in [0.3, 0.4) is 0 Å². The molecular formula is C12H11ClN2O2S. The summed E-state index contributed by atoms with van der Waals surface area (Å²) in [7, 11) is 0. The summed E-state index contributed by atoms with van der Waals surface area (Å²) < 4.78 is 0. The minimum atomic E-state index is -1.06. The van der Waals surface area contributed by atoms with Gasteiger partial charge in [0.05, 0.1) is 16.6 Å². The predicted molar refractivity (Wildman–Crippen MR) is 72.6 cm³/mol. The van der Waals surface area contributed by atoms with Crippen LogP contribution in [0.2, 0.25) is 5.02 Å². The molecule has 0 fully saturated rings. The fourth-order valence-electron chi connectivity index (χ4n) is 1.52. The van der Waals surface area contributed by atoms with Crippen LogP contribution in [-0.2, 0) is 0 Å². The van der Waals surface area contributed by atoms with E-state index in [-0.39, 0.29) is 16.6 Å².